The molecule has 3 aromatic rings. The van der Waals surface area contributed by atoms with Crippen molar-refractivity contribution in [3.05, 3.63) is 83.4 Å². The van der Waals surface area contributed by atoms with Crippen molar-refractivity contribution in [3.63, 3.8) is 0 Å². The number of benzene rings is 1. The van der Waals surface area contributed by atoms with E-state index in [0.717, 1.165) is 24.1 Å². The van der Waals surface area contributed by atoms with E-state index >= 15 is 0 Å². The van der Waals surface area contributed by atoms with E-state index in [-0.39, 0.29) is 53.9 Å². The normalized spacial score (nSPS) is 17.8. The third-order valence-corrected chi connectivity index (χ3v) is 7.78. The van der Waals surface area contributed by atoms with Gasteiger partial charge in [-0.3, -0.25) is 19.4 Å². The first-order valence-corrected chi connectivity index (χ1v) is 14.6. The fraction of sp³-hybridized carbons (Fsp3) is 0.406. The predicted octanol–water partition coefficient (Wildman–Crippen LogP) is 4.16. The minimum absolute atomic E-state index is 0.0451. The number of halogens is 2. The highest BCUT2D eigenvalue weighted by Crippen LogP contribution is 2.39. The summed E-state index contributed by atoms with van der Waals surface area (Å²) in [6.07, 6.45) is 4.08. The summed E-state index contributed by atoms with van der Waals surface area (Å²) < 4.78 is 36.4. The van der Waals surface area contributed by atoms with Gasteiger partial charge in [-0.05, 0) is 67.1 Å². The lowest BCUT2D eigenvalue weighted by atomic mass is 9.95. The van der Waals surface area contributed by atoms with Gasteiger partial charge in [0.05, 0.1) is 31.1 Å². The number of aromatic nitrogens is 2. The first-order valence-electron chi connectivity index (χ1n) is 14.6. The highest BCUT2D eigenvalue weighted by molar-refractivity contribution is 5.92. The van der Waals surface area contributed by atoms with Gasteiger partial charge < -0.3 is 24.6 Å². The summed E-state index contributed by atoms with van der Waals surface area (Å²) in [5.74, 6) is -0.512. The van der Waals surface area contributed by atoms with Crippen molar-refractivity contribution in [1.82, 2.24) is 25.1 Å². The standard InChI is InChI=1S/C32H35F2N5O5/c1-20(40)39-17-23(22-11-12-28(44-32(33)34)29(15-22)43-19-21-9-10-21)14-27(39)30(41)36-16-24-7-5-8-26(37-24)31(42)38(2)18-25-6-3-4-13-35-25/h3-8,11-13,15,21,23,27,32H,9-10,14,16-19H2,1-2H3,(H,36,41)/t23?,27-/m1/s1. The van der Waals surface area contributed by atoms with Crippen LogP contribution in [0.5, 0.6) is 11.5 Å². The van der Waals surface area contributed by atoms with Gasteiger partial charge in [0.15, 0.2) is 11.5 Å². The van der Waals surface area contributed by atoms with Crippen LogP contribution in [0.3, 0.4) is 0 Å². The molecule has 1 saturated heterocycles. The average molecular weight is 608 g/mol. The Balaban J connectivity index is 1.23. The highest BCUT2D eigenvalue weighted by atomic mass is 19.3. The first-order chi connectivity index (χ1) is 21.2. The van der Waals surface area contributed by atoms with Gasteiger partial charge in [-0.15, -0.1) is 0 Å². The number of nitrogens with one attached hydrogen (secondary N) is 1. The van der Waals surface area contributed by atoms with Crippen LogP contribution < -0.4 is 14.8 Å². The van der Waals surface area contributed by atoms with Gasteiger partial charge >= 0.3 is 6.61 Å². The second-order valence-electron chi connectivity index (χ2n) is 11.2. The number of amides is 3. The Kier molecular flexibility index (Phi) is 9.66. The maximum absolute atomic E-state index is 13.3. The number of nitrogens with zero attached hydrogens (tertiary/aromatic N) is 4. The molecule has 2 aliphatic rings. The van der Waals surface area contributed by atoms with E-state index in [9.17, 15) is 23.2 Å². The molecule has 2 fully saturated rings. The van der Waals surface area contributed by atoms with Crippen molar-refractivity contribution in [1.29, 1.82) is 0 Å². The molecule has 12 heteroatoms. The van der Waals surface area contributed by atoms with Crippen LogP contribution in [0.2, 0.25) is 0 Å². The lowest BCUT2D eigenvalue weighted by molar-refractivity contribution is -0.136. The molecule has 0 spiro atoms. The summed E-state index contributed by atoms with van der Waals surface area (Å²) in [7, 11) is 1.67. The smallest absolute Gasteiger partial charge is 0.387 e. The molecule has 3 heterocycles. The molecule has 1 aromatic carbocycles. The number of likely N-dealkylation sites (tertiary alicyclic amines) is 1. The van der Waals surface area contributed by atoms with Gasteiger partial charge in [-0.2, -0.15) is 8.78 Å². The molecular formula is C32H35F2N5O5. The van der Waals surface area contributed by atoms with Gasteiger partial charge in [-0.25, -0.2) is 4.98 Å². The van der Waals surface area contributed by atoms with E-state index in [1.54, 1.807) is 49.6 Å². The van der Waals surface area contributed by atoms with E-state index in [0.29, 0.717) is 31.2 Å². The summed E-state index contributed by atoms with van der Waals surface area (Å²) in [6.45, 7) is -0.491. The largest absolute Gasteiger partial charge is 0.489 e. The fourth-order valence-corrected chi connectivity index (χ4v) is 5.25. The molecule has 232 valence electrons. The van der Waals surface area contributed by atoms with Crippen LogP contribution in [-0.2, 0) is 22.7 Å². The molecule has 3 amide bonds. The lowest BCUT2D eigenvalue weighted by Gasteiger charge is -2.22. The third-order valence-electron chi connectivity index (χ3n) is 7.78. The SMILES string of the molecule is CC(=O)N1CC(c2ccc(OC(F)F)c(OCC3CC3)c2)C[C@@H]1C(=O)NCc1cccc(C(=O)N(C)Cc2ccccn2)n1. The summed E-state index contributed by atoms with van der Waals surface area (Å²) >= 11 is 0. The molecule has 44 heavy (non-hydrogen) atoms. The Morgan fingerprint density at radius 1 is 1.07 bits per heavy atom. The average Bonchev–Trinajstić information content (AvgIpc) is 3.74. The predicted molar refractivity (Wildman–Crippen MR) is 156 cm³/mol. The maximum atomic E-state index is 13.3. The Bertz CT molecular complexity index is 1490. The number of ether oxygens (including phenoxy) is 2. The van der Waals surface area contributed by atoms with Crippen molar-refractivity contribution < 1.29 is 32.6 Å². The van der Waals surface area contributed by atoms with E-state index in [1.807, 2.05) is 12.1 Å². The van der Waals surface area contributed by atoms with Crippen LogP contribution in [-0.4, -0.2) is 70.3 Å². The van der Waals surface area contributed by atoms with Gasteiger partial charge in [0.2, 0.25) is 11.8 Å². The van der Waals surface area contributed by atoms with Gasteiger partial charge in [-0.1, -0.05) is 18.2 Å². The van der Waals surface area contributed by atoms with E-state index in [2.05, 4.69) is 20.0 Å². The fourth-order valence-electron chi connectivity index (χ4n) is 5.25. The number of hydrogen-bond donors (Lipinski definition) is 1. The zero-order valence-corrected chi connectivity index (χ0v) is 24.6. The molecule has 1 unspecified atom stereocenters. The minimum atomic E-state index is -2.99. The summed E-state index contributed by atoms with van der Waals surface area (Å²) in [5.41, 5.74) is 2.24. The summed E-state index contributed by atoms with van der Waals surface area (Å²) in [6, 6.07) is 14.6. The second-order valence-corrected chi connectivity index (χ2v) is 11.2. The Hall–Kier alpha value is -4.61. The van der Waals surface area contributed by atoms with Crippen molar-refractivity contribution in [3.8, 4) is 11.5 Å². The van der Waals surface area contributed by atoms with Crippen molar-refractivity contribution in [2.45, 2.75) is 57.8 Å². The second kappa shape index (κ2) is 13.8. The number of alkyl halides is 2. The number of carbonyl (C=O) groups is 3. The zero-order valence-electron chi connectivity index (χ0n) is 24.6. The molecule has 2 aromatic heterocycles. The Morgan fingerprint density at radius 2 is 1.86 bits per heavy atom. The van der Waals surface area contributed by atoms with E-state index in [1.165, 1.54) is 22.8 Å². The molecule has 1 aliphatic heterocycles. The zero-order chi connectivity index (χ0) is 31.2. The van der Waals surface area contributed by atoms with Gasteiger partial charge in [0.25, 0.3) is 5.91 Å². The van der Waals surface area contributed by atoms with Crippen LogP contribution in [0.1, 0.15) is 59.5 Å². The highest BCUT2D eigenvalue weighted by Gasteiger charge is 2.39. The summed E-state index contributed by atoms with van der Waals surface area (Å²) in [5, 5.41) is 2.86. The number of carbonyl (C=O) groups excluding carboxylic acids is 3. The maximum Gasteiger partial charge on any atom is 0.387 e. The molecule has 0 bridgehead atoms. The molecule has 2 atom stereocenters. The third kappa shape index (κ3) is 7.86. The number of rotatable bonds is 12. The van der Waals surface area contributed by atoms with E-state index < -0.39 is 12.7 Å². The number of pyridine rings is 2. The van der Waals surface area contributed by atoms with Crippen LogP contribution in [0.15, 0.2) is 60.8 Å². The van der Waals surface area contributed by atoms with Crippen molar-refractivity contribution in [2.24, 2.45) is 5.92 Å². The monoisotopic (exact) mass is 607 g/mol. The van der Waals surface area contributed by atoms with Crippen LogP contribution in [0, 0.1) is 5.92 Å². The molecule has 5 rings (SSSR count). The van der Waals surface area contributed by atoms with Crippen molar-refractivity contribution in [2.75, 3.05) is 20.2 Å². The molecule has 10 nitrogen and oxygen atoms in total. The lowest BCUT2D eigenvalue weighted by Crippen LogP contribution is -2.45. The first kappa shape index (κ1) is 30.8. The van der Waals surface area contributed by atoms with Crippen LogP contribution in [0.25, 0.3) is 0 Å². The molecule has 0 radical (unpaired) electrons. The molecule has 1 aliphatic carbocycles. The van der Waals surface area contributed by atoms with Gasteiger partial charge in [0.1, 0.15) is 11.7 Å². The van der Waals surface area contributed by atoms with Gasteiger partial charge in [0, 0.05) is 32.6 Å². The quantitative estimate of drug-likeness (QED) is 0.329. The van der Waals surface area contributed by atoms with E-state index in [4.69, 9.17) is 4.74 Å². The van der Waals surface area contributed by atoms with Crippen LogP contribution in [0.4, 0.5) is 8.78 Å². The molecular weight excluding hydrogens is 572 g/mol. The van der Waals surface area contributed by atoms with Crippen LogP contribution >= 0.6 is 0 Å². The Morgan fingerprint density at radius 3 is 2.57 bits per heavy atom. The Labute approximate surface area is 254 Å². The minimum Gasteiger partial charge on any atom is -0.489 e. The molecule has 1 saturated carbocycles. The number of hydrogen-bond acceptors (Lipinski definition) is 7. The molecule has 1 N–H and O–H groups in total. The van der Waals surface area contributed by atoms with Crippen molar-refractivity contribution >= 4 is 17.7 Å². The summed E-state index contributed by atoms with van der Waals surface area (Å²) in [4.78, 5) is 50.5. The topological polar surface area (TPSA) is 114 Å².